The highest BCUT2D eigenvalue weighted by molar-refractivity contribution is 5.67. The molecule has 2 unspecified atom stereocenters. The van der Waals surface area contributed by atoms with E-state index in [0.29, 0.717) is 6.42 Å². The third kappa shape index (κ3) is 2.93. The van der Waals surface area contributed by atoms with Crippen molar-refractivity contribution >= 4 is 5.97 Å². The van der Waals surface area contributed by atoms with E-state index in [-0.39, 0.29) is 23.8 Å². The first kappa shape index (κ1) is 12.9. The molecule has 0 heterocycles. The Morgan fingerprint density at radius 3 is 2.75 bits per heavy atom. The predicted octanol–water partition coefficient (Wildman–Crippen LogP) is 2.32. The maximum atomic E-state index is 10.9. The van der Waals surface area contributed by atoms with Crippen molar-refractivity contribution in [3.63, 3.8) is 0 Å². The molecule has 5 nitrogen and oxygen atoms in total. The molecule has 16 heavy (non-hydrogen) atoms. The summed E-state index contributed by atoms with van der Waals surface area (Å²) in [6, 6.07) is 0. The SMILES string of the molecule is CCC1CCCCC1(CC(=O)O)C[N+](=O)[O-]. The molecule has 0 bridgehead atoms. The lowest BCUT2D eigenvalue weighted by Crippen LogP contribution is -2.41. The molecule has 1 N–H and O–H groups in total. The minimum absolute atomic E-state index is 0.0630. The van der Waals surface area contributed by atoms with Crippen LogP contribution in [0.15, 0.2) is 0 Å². The molecule has 0 aromatic carbocycles. The van der Waals surface area contributed by atoms with Gasteiger partial charge in [-0.05, 0) is 18.8 Å². The first-order chi connectivity index (χ1) is 7.50. The fraction of sp³-hybridized carbons (Fsp3) is 0.909. The van der Waals surface area contributed by atoms with Gasteiger partial charge in [0.1, 0.15) is 0 Å². The number of aliphatic carboxylic acids is 1. The number of hydrogen-bond acceptors (Lipinski definition) is 3. The first-order valence-electron chi connectivity index (χ1n) is 5.84. The normalized spacial score (nSPS) is 29.9. The molecule has 0 spiro atoms. The molecule has 1 fully saturated rings. The number of carboxylic acids is 1. The van der Waals surface area contributed by atoms with E-state index in [9.17, 15) is 14.9 Å². The Kier molecular flexibility index (Phi) is 4.26. The van der Waals surface area contributed by atoms with Gasteiger partial charge < -0.3 is 5.11 Å². The lowest BCUT2D eigenvalue weighted by molar-refractivity contribution is -0.501. The van der Waals surface area contributed by atoms with Crippen LogP contribution in [0.5, 0.6) is 0 Å². The van der Waals surface area contributed by atoms with Gasteiger partial charge in [-0.25, -0.2) is 0 Å². The zero-order valence-electron chi connectivity index (χ0n) is 9.65. The molecule has 0 aromatic rings. The smallest absolute Gasteiger partial charge is 0.304 e. The molecule has 92 valence electrons. The number of hydrogen-bond donors (Lipinski definition) is 1. The monoisotopic (exact) mass is 229 g/mol. The van der Waals surface area contributed by atoms with Gasteiger partial charge >= 0.3 is 5.97 Å². The molecule has 0 saturated heterocycles. The van der Waals surface area contributed by atoms with Crippen LogP contribution in [0.25, 0.3) is 0 Å². The Balaban J connectivity index is 2.88. The highest BCUT2D eigenvalue weighted by Crippen LogP contribution is 2.45. The van der Waals surface area contributed by atoms with Crippen LogP contribution in [0.2, 0.25) is 0 Å². The number of carboxylic acid groups (broad SMARTS) is 1. The second kappa shape index (κ2) is 5.27. The molecule has 0 radical (unpaired) electrons. The molecule has 1 rings (SSSR count). The van der Waals surface area contributed by atoms with Crippen LogP contribution in [-0.2, 0) is 4.79 Å². The standard InChI is InChI=1S/C11H19NO4/c1-2-9-5-3-4-6-11(9,7-10(13)14)8-12(15)16/h9H,2-8H2,1H3,(H,13,14). The van der Waals surface area contributed by atoms with Gasteiger partial charge in [0.25, 0.3) is 0 Å². The summed E-state index contributed by atoms with van der Waals surface area (Å²) in [5, 5.41) is 19.7. The maximum absolute atomic E-state index is 10.9. The first-order valence-corrected chi connectivity index (χ1v) is 5.84. The van der Waals surface area contributed by atoms with E-state index in [2.05, 4.69) is 0 Å². The second-order valence-electron chi connectivity index (χ2n) is 4.77. The summed E-state index contributed by atoms with van der Waals surface area (Å²) in [6.45, 7) is 1.80. The van der Waals surface area contributed by atoms with Crippen LogP contribution in [0.1, 0.15) is 45.4 Å². The van der Waals surface area contributed by atoms with Crippen molar-refractivity contribution in [3.8, 4) is 0 Å². The highest BCUT2D eigenvalue weighted by atomic mass is 16.6. The molecule has 0 amide bonds. The van der Waals surface area contributed by atoms with E-state index in [1.165, 1.54) is 0 Å². The van der Waals surface area contributed by atoms with Crippen molar-refractivity contribution in [1.82, 2.24) is 0 Å². The Hall–Kier alpha value is -1.13. The van der Waals surface area contributed by atoms with Gasteiger partial charge in [0, 0.05) is 10.3 Å². The Bertz CT molecular complexity index is 261. The average molecular weight is 229 g/mol. The van der Waals surface area contributed by atoms with Crippen LogP contribution in [-0.4, -0.2) is 22.5 Å². The van der Waals surface area contributed by atoms with Gasteiger partial charge in [-0.1, -0.05) is 26.2 Å². The van der Waals surface area contributed by atoms with Gasteiger partial charge in [-0.2, -0.15) is 0 Å². The molecule has 1 aliphatic carbocycles. The zero-order chi connectivity index (χ0) is 12.2. The fourth-order valence-corrected chi connectivity index (χ4v) is 3.07. The number of nitrogens with zero attached hydrogens (tertiary/aromatic N) is 1. The van der Waals surface area contributed by atoms with Gasteiger partial charge in [0.2, 0.25) is 6.54 Å². The third-order valence-corrected chi connectivity index (χ3v) is 3.78. The summed E-state index contributed by atoms with van der Waals surface area (Å²) >= 11 is 0. The van der Waals surface area contributed by atoms with Crippen molar-refractivity contribution in [2.75, 3.05) is 6.54 Å². The fourth-order valence-electron chi connectivity index (χ4n) is 3.07. The predicted molar refractivity (Wildman–Crippen MR) is 58.8 cm³/mol. The van der Waals surface area contributed by atoms with Crippen molar-refractivity contribution in [2.24, 2.45) is 11.3 Å². The van der Waals surface area contributed by atoms with Crippen molar-refractivity contribution in [3.05, 3.63) is 10.1 Å². The van der Waals surface area contributed by atoms with E-state index in [4.69, 9.17) is 5.11 Å². The maximum Gasteiger partial charge on any atom is 0.304 e. The largest absolute Gasteiger partial charge is 0.481 e. The van der Waals surface area contributed by atoms with Gasteiger partial charge in [-0.3, -0.25) is 14.9 Å². The van der Waals surface area contributed by atoms with Crippen LogP contribution >= 0.6 is 0 Å². The summed E-state index contributed by atoms with van der Waals surface area (Å²) in [6.07, 6.45) is 4.36. The Morgan fingerprint density at radius 1 is 1.56 bits per heavy atom. The third-order valence-electron chi connectivity index (χ3n) is 3.78. The van der Waals surface area contributed by atoms with E-state index in [1.54, 1.807) is 0 Å². The quantitative estimate of drug-likeness (QED) is 0.579. The van der Waals surface area contributed by atoms with Gasteiger partial charge in [-0.15, -0.1) is 0 Å². The molecular weight excluding hydrogens is 210 g/mol. The Morgan fingerprint density at radius 2 is 2.25 bits per heavy atom. The van der Waals surface area contributed by atoms with Crippen LogP contribution in [0.3, 0.4) is 0 Å². The molecule has 1 saturated carbocycles. The minimum Gasteiger partial charge on any atom is -0.481 e. The molecule has 2 atom stereocenters. The average Bonchev–Trinajstić information content (AvgIpc) is 2.15. The lowest BCUT2D eigenvalue weighted by atomic mass is 9.63. The number of carbonyl (C=O) groups is 1. The minimum atomic E-state index is -0.915. The van der Waals surface area contributed by atoms with Crippen molar-refractivity contribution in [2.45, 2.75) is 45.4 Å². The Labute approximate surface area is 95.0 Å². The summed E-state index contributed by atoms with van der Waals surface area (Å²) in [5.74, 6) is -0.732. The molecule has 0 aromatic heterocycles. The van der Waals surface area contributed by atoms with E-state index in [1.807, 2.05) is 6.92 Å². The molecule has 5 heteroatoms. The summed E-state index contributed by atoms with van der Waals surface area (Å²) in [5.41, 5.74) is -0.609. The topological polar surface area (TPSA) is 80.4 Å². The van der Waals surface area contributed by atoms with Crippen LogP contribution < -0.4 is 0 Å². The molecular formula is C11H19NO4. The van der Waals surface area contributed by atoms with E-state index >= 15 is 0 Å². The zero-order valence-corrected chi connectivity index (χ0v) is 9.65. The second-order valence-corrected chi connectivity index (χ2v) is 4.77. The summed E-state index contributed by atoms with van der Waals surface area (Å²) in [7, 11) is 0. The van der Waals surface area contributed by atoms with Crippen LogP contribution in [0, 0.1) is 21.4 Å². The molecule has 1 aliphatic rings. The van der Waals surface area contributed by atoms with Crippen molar-refractivity contribution in [1.29, 1.82) is 0 Å². The summed E-state index contributed by atoms with van der Waals surface area (Å²) < 4.78 is 0. The highest BCUT2D eigenvalue weighted by Gasteiger charge is 2.45. The lowest BCUT2D eigenvalue weighted by Gasteiger charge is -2.40. The molecule has 0 aliphatic heterocycles. The number of rotatable bonds is 5. The number of nitro groups is 1. The van der Waals surface area contributed by atoms with E-state index < -0.39 is 11.4 Å². The van der Waals surface area contributed by atoms with Gasteiger partial charge in [0.05, 0.1) is 6.42 Å². The van der Waals surface area contributed by atoms with Gasteiger partial charge in [0.15, 0.2) is 0 Å². The van der Waals surface area contributed by atoms with Crippen LogP contribution in [0.4, 0.5) is 0 Å². The van der Waals surface area contributed by atoms with E-state index in [0.717, 1.165) is 25.7 Å². The van der Waals surface area contributed by atoms with Crippen molar-refractivity contribution < 1.29 is 14.8 Å². The summed E-state index contributed by atoms with van der Waals surface area (Å²) in [4.78, 5) is 21.3.